The fourth-order valence-electron chi connectivity index (χ4n) is 2.65. The number of quaternary nitrogens is 1. The smallest absolute Gasteiger partial charge is 0.239 e. The average Bonchev–Trinajstić information content (AvgIpc) is 2.74. The van der Waals surface area contributed by atoms with E-state index in [1.165, 1.54) is 11.4 Å². The Morgan fingerprint density at radius 1 is 1.17 bits per heavy atom. The highest BCUT2D eigenvalue weighted by atomic mass is 79.9. The third kappa shape index (κ3) is 2.57. The van der Waals surface area contributed by atoms with Crippen LogP contribution >= 0.6 is 15.9 Å². The van der Waals surface area contributed by atoms with Crippen molar-refractivity contribution in [1.29, 1.82) is 0 Å². The lowest BCUT2D eigenvalue weighted by Crippen LogP contribution is -2.48. The van der Waals surface area contributed by atoms with Crippen LogP contribution < -0.4 is 0 Å². The van der Waals surface area contributed by atoms with Crippen molar-refractivity contribution in [2.75, 3.05) is 13.1 Å². The standard InChI is InChI=1S/C15H20BrN2/c1-3-9-18(10-4-2)11-8-17-15(18)13-6-5-7-14(16)12-13/h5-8,11-12H,3-4,9-10H2,1-2H3/q+1. The highest BCUT2D eigenvalue weighted by Crippen LogP contribution is 2.25. The molecule has 1 aliphatic heterocycles. The number of benzene rings is 1. The minimum Gasteiger partial charge on any atom is -0.247 e. The number of hydrogen-bond acceptors (Lipinski definition) is 1. The second-order valence-corrected chi connectivity index (χ2v) is 5.66. The van der Waals surface area contributed by atoms with Crippen LogP contribution in [0.5, 0.6) is 0 Å². The average molecular weight is 308 g/mol. The Labute approximate surface area is 118 Å². The maximum Gasteiger partial charge on any atom is 0.239 e. The summed E-state index contributed by atoms with van der Waals surface area (Å²) in [5, 5.41) is 0. The molecule has 0 aromatic heterocycles. The molecule has 0 saturated heterocycles. The van der Waals surface area contributed by atoms with Crippen molar-refractivity contribution in [2.24, 2.45) is 4.99 Å². The van der Waals surface area contributed by atoms with E-state index in [9.17, 15) is 0 Å². The van der Waals surface area contributed by atoms with E-state index >= 15 is 0 Å². The predicted molar refractivity (Wildman–Crippen MR) is 80.4 cm³/mol. The molecule has 0 fully saturated rings. The summed E-state index contributed by atoms with van der Waals surface area (Å²) < 4.78 is 2.00. The van der Waals surface area contributed by atoms with Gasteiger partial charge in [0.25, 0.3) is 0 Å². The van der Waals surface area contributed by atoms with Gasteiger partial charge < -0.3 is 0 Å². The van der Waals surface area contributed by atoms with Crippen LogP contribution in [0.15, 0.2) is 46.1 Å². The Morgan fingerprint density at radius 2 is 1.89 bits per heavy atom. The maximum absolute atomic E-state index is 4.63. The summed E-state index contributed by atoms with van der Waals surface area (Å²) in [4.78, 5) is 4.63. The Bertz CT molecular complexity index is 471. The third-order valence-electron chi connectivity index (χ3n) is 3.30. The van der Waals surface area contributed by atoms with E-state index < -0.39 is 0 Å². The van der Waals surface area contributed by atoms with Crippen LogP contribution in [-0.2, 0) is 0 Å². The van der Waals surface area contributed by atoms with Crippen molar-refractivity contribution in [3.63, 3.8) is 0 Å². The van der Waals surface area contributed by atoms with Gasteiger partial charge in [-0.15, -0.1) is 0 Å². The quantitative estimate of drug-likeness (QED) is 0.719. The molecule has 0 N–H and O–H groups in total. The number of rotatable bonds is 5. The van der Waals surface area contributed by atoms with E-state index in [2.05, 4.69) is 65.2 Å². The van der Waals surface area contributed by atoms with Crippen molar-refractivity contribution in [3.8, 4) is 0 Å². The first-order valence-corrected chi connectivity index (χ1v) is 7.40. The molecular weight excluding hydrogens is 288 g/mol. The first-order valence-electron chi connectivity index (χ1n) is 6.60. The van der Waals surface area contributed by atoms with Gasteiger partial charge in [0.2, 0.25) is 5.84 Å². The van der Waals surface area contributed by atoms with E-state index in [0.29, 0.717) is 0 Å². The zero-order valence-corrected chi connectivity index (χ0v) is 12.7. The Balaban J connectivity index is 2.37. The Hall–Kier alpha value is -0.930. The number of nitrogens with zero attached hydrogens (tertiary/aromatic N) is 2. The number of hydrogen-bond donors (Lipinski definition) is 0. The molecule has 3 heteroatoms. The molecule has 1 aliphatic rings. The molecule has 0 unspecified atom stereocenters. The molecule has 1 heterocycles. The van der Waals surface area contributed by atoms with Crippen LogP contribution in [0.2, 0.25) is 0 Å². The molecule has 0 radical (unpaired) electrons. The van der Waals surface area contributed by atoms with Gasteiger partial charge in [-0.25, -0.2) is 4.48 Å². The van der Waals surface area contributed by atoms with Crippen LogP contribution in [0.3, 0.4) is 0 Å². The highest BCUT2D eigenvalue weighted by Gasteiger charge is 2.34. The van der Waals surface area contributed by atoms with Gasteiger partial charge in [0, 0.05) is 4.47 Å². The van der Waals surface area contributed by atoms with Crippen LogP contribution in [0.4, 0.5) is 0 Å². The van der Waals surface area contributed by atoms with Crippen LogP contribution in [0.1, 0.15) is 32.3 Å². The van der Waals surface area contributed by atoms with E-state index in [-0.39, 0.29) is 0 Å². The van der Waals surface area contributed by atoms with Gasteiger partial charge in [0.15, 0.2) is 0 Å². The molecule has 0 amide bonds. The van der Waals surface area contributed by atoms with Crippen molar-refractivity contribution < 1.29 is 4.48 Å². The predicted octanol–water partition coefficient (Wildman–Crippen LogP) is 4.32. The summed E-state index contributed by atoms with van der Waals surface area (Å²) in [5.74, 6) is 1.18. The monoisotopic (exact) mass is 307 g/mol. The second-order valence-electron chi connectivity index (χ2n) is 4.74. The first-order chi connectivity index (χ1) is 8.72. The Morgan fingerprint density at radius 3 is 2.50 bits per heavy atom. The van der Waals surface area contributed by atoms with Gasteiger partial charge in [-0.2, -0.15) is 4.99 Å². The summed E-state index contributed by atoms with van der Waals surface area (Å²) in [5.41, 5.74) is 1.22. The zero-order chi connectivity index (χ0) is 13.0. The number of amidine groups is 1. The lowest BCUT2D eigenvalue weighted by molar-refractivity contribution is -0.785. The molecule has 2 rings (SSSR count). The van der Waals surface area contributed by atoms with E-state index in [0.717, 1.165) is 34.9 Å². The Kier molecular flexibility index (Phi) is 4.36. The van der Waals surface area contributed by atoms with Crippen LogP contribution in [0, 0.1) is 0 Å². The van der Waals surface area contributed by atoms with Gasteiger partial charge >= 0.3 is 0 Å². The number of halogens is 1. The van der Waals surface area contributed by atoms with Crippen molar-refractivity contribution >= 4 is 21.8 Å². The summed E-state index contributed by atoms with van der Waals surface area (Å²) in [7, 11) is 0. The van der Waals surface area contributed by atoms with Gasteiger partial charge in [-0.1, -0.05) is 35.8 Å². The SMILES string of the molecule is CCC[N+]1(CCC)C=CN=C1c1cccc(Br)c1. The van der Waals surface area contributed by atoms with Crippen LogP contribution in [-0.4, -0.2) is 23.4 Å². The highest BCUT2D eigenvalue weighted by molar-refractivity contribution is 9.10. The topological polar surface area (TPSA) is 12.4 Å². The third-order valence-corrected chi connectivity index (χ3v) is 3.79. The second kappa shape index (κ2) is 5.81. The zero-order valence-electron chi connectivity index (χ0n) is 11.1. The van der Waals surface area contributed by atoms with E-state index in [4.69, 9.17) is 0 Å². The van der Waals surface area contributed by atoms with Gasteiger partial charge in [-0.3, -0.25) is 0 Å². The number of aliphatic imine (C=N–C) groups is 1. The van der Waals surface area contributed by atoms with Gasteiger partial charge in [0.05, 0.1) is 24.9 Å². The van der Waals surface area contributed by atoms with Crippen LogP contribution in [0.25, 0.3) is 0 Å². The molecule has 1 aromatic rings. The summed E-state index contributed by atoms with van der Waals surface area (Å²) in [6, 6.07) is 8.44. The lowest BCUT2D eigenvalue weighted by atomic mass is 10.1. The minimum absolute atomic E-state index is 0.892. The van der Waals surface area contributed by atoms with Crippen molar-refractivity contribution in [1.82, 2.24) is 0 Å². The molecule has 0 saturated carbocycles. The van der Waals surface area contributed by atoms with Gasteiger partial charge in [0.1, 0.15) is 6.20 Å². The first kappa shape index (κ1) is 13.5. The normalized spacial score (nSPS) is 16.9. The van der Waals surface area contributed by atoms with Gasteiger partial charge in [-0.05, 0) is 31.0 Å². The fraction of sp³-hybridized carbons (Fsp3) is 0.400. The molecule has 1 aromatic carbocycles. The van der Waals surface area contributed by atoms with Crippen molar-refractivity contribution in [3.05, 3.63) is 46.7 Å². The molecule has 0 spiro atoms. The molecular formula is C15H20BrN2+. The largest absolute Gasteiger partial charge is 0.247 e. The summed E-state index contributed by atoms with van der Waals surface area (Å²) in [6.45, 7) is 6.71. The molecule has 0 bridgehead atoms. The summed E-state index contributed by atoms with van der Waals surface area (Å²) in [6.07, 6.45) is 6.53. The van der Waals surface area contributed by atoms with E-state index in [1.54, 1.807) is 0 Å². The fourth-order valence-corrected chi connectivity index (χ4v) is 3.05. The lowest BCUT2D eigenvalue weighted by Gasteiger charge is -2.32. The molecule has 96 valence electrons. The summed E-state index contributed by atoms with van der Waals surface area (Å²) >= 11 is 3.54. The maximum atomic E-state index is 4.63. The molecule has 18 heavy (non-hydrogen) atoms. The molecule has 0 atom stereocenters. The van der Waals surface area contributed by atoms with E-state index in [1.807, 2.05) is 6.20 Å². The minimum atomic E-state index is 0.892. The molecule has 2 nitrogen and oxygen atoms in total. The molecule has 0 aliphatic carbocycles. The van der Waals surface area contributed by atoms with Crippen molar-refractivity contribution in [2.45, 2.75) is 26.7 Å².